The molecule has 5 rings (SSSR count). The van der Waals surface area contributed by atoms with Gasteiger partial charge >= 0.3 is 0 Å². The molecular formula is C24H24FN7O. The Morgan fingerprint density at radius 3 is 2.70 bits per heavy atom. The molecule has 0 aliphatic carbocycles. The molecule has 5 aromatic rings. The van der Waals surface area contributed by atoms with Crippen LogP contribution in [-0.2, 0) is 20.0 Å². The number of hydrogen-bond donors (Lipinski definition) is 1. The van der Waals surface area contributed by atoms with E-state index in [0.717, 1.165) is 47.7 Å². The Hall–Kier alpha value is -3.85. The molecule has 0 aliphatic heterocycles. The van der Waals surface area contributed by atoms with Crippen LogP contribution in [0, 0.1) is 5.82 Å². The van der Waals surface area contributed by atoms with Gasteiger partial charge in [-0.3, -0.25) is 23.8 Å². The topological polar surface area (TPSA) is 84.1 Å². The molecule has 2 aromatic carbocycles. The first-order valence-electron chi connectivity index (χ1n) is 10.8. The van der Waals surface area contributed by atoms with Crippen molar-refractivity contribution in [2.24, 2.45) is 7.05 Å². The number of aromatic nitrogens is 6. The summed E-state index contributed by atoms with van der Waals surface area (Å²) < 4.78 is 16.6. The highest BCUT2D eigenvalue weighted by Crippen LogP contribution is 2.19. The fourth-order valence-corrected chi connectivity index (χ4v) is 4.11. The van der Waals surface area contributed by atoms with E-state index in [1.54, 1.807) is 19.2 Å². The van der Waals surface area contributed by atoms with Crippen molar-refractivity contribution in [3.8, 4) is 11.3 Å². The van der Waals surface area contributed by atoms with Crippen molar-refractivity contribution in [2.75, 3.05) is 13.6 Å². The van der Waals surface area contributed by atoms with Gasteiger partial charge in [0.25, 0.3) is 5.56 Å². The van der Waals surface area contributed by atoms with E-state index in [-0.39, 0.29) is 11.4 Å². The van der Waals surface area contributed by atoms with Crippen molar-refractivity contribution in [2.45, 2.75) is 19.4 Å². The van der Waals surface area contributed by atoms with Crippen LogP contribution in [0.5, 0.6) is 0 Å². The largest absolute Gasteiger partial charge is 0.299 e. The molecule has 9 heteroatoms. The number of benzene rings is 2. The van der Waals surface area contributed by atoms with Gasteiger partial charge in [0.15, 0.2) is 5.82 Å². The Balaban J connectivity index is 1.26. The van der Waals surface area contributed by atoms with Gasteiger partial charge in [-0.2, -0.15) is 5.10 Å². The van der Waals surface area contributed by atoms with Crippen molar-refractivity contribution in [1.29, 1.82) is 0 Å². The highest BCUT2D eigenvalue weighted by Gasteiger charge is 2.15. The molecule has 0 aliphatic rings. The maximum absolute atomic E-state index is 13.1. The minimum absolute atomic E-state index is 0.0787. The minimum Gasteiger partial charge on any atom is -0.299 e. The maximum Gasteiger partial charge on any atom is 0.262 e. The number of H-pyrrole nitrogens is 1. The van der Waals surface area contributed by atoms with Gasteiger partial charge in [0.05, 0.1) is 23.1 Å². The van der Waals surface area contributed by atoms with Crippen molar-refractivity contribution in [3.05, 3.63) is 82.3 Å². The van der Waals surface area contributed by atoms with Crippen LogP contribution in [-0.4, -0.2) is 47.9 Å². The van der Waals surface area contributed by atoms with Gasteiger partial charge < -0.3 is 0 Å². The van der Waals surface area contributed by atoms with Crippen LogP contribution in [0.25, 0.3) is 27.9 Å². The molecule has 0 saturated heterocycles. The standard InChI is InChI=1S/C24H24FN7O/c1-30(13-5-6-18-14-20(27-26-18)16-9-11-17(25)12-10-16)15-22-28-29-24-31(2)23(33)19-7-3-4-8-21(19)32(22)24/h3-4,7-12,14H,5-6,13,15H2,1-2H3,(H,26,27). The second-order valence-corrected chi connectivity index (χ2v) is 8.26. The molecule has 8 nitrogen and oxygen atoms in total. The van der Waals surface area contributed by atoms with Gasteiger partial charge in [-0.25, -0.2) is 4.39 Å². The third-order valence-electron chi connectivity index (χ3n) is 5.86. The van der Waals surface area contributed by atoms with Gasteiger partial charge in [-0.1, -0.05) is 12.1 Å². The second-order valence-electron chi connectivity index (χ2n) is 8.26. The zero-order valence-corrected chi connectivity index (χ0v) is 18.5. The lowest BCUT2D eigenvalue weighted by molar-refractivity contribution is 0.313. The number of hydrogen-bond acceptors (Lipinski definition) is 5. The van der Waals surface area contributed by atoms with E-state index < -0.39 is 0 Å². The molecule has 33 heavy (non-hydrogen) atoms. The smallest absolute Gasteiger partial charge is 0.262 e. The molecule has 0 unspecified atom stereocenters. The van der Waals surface area contributed by atoms with E-state index in [1.807, 2.05) is 41.8 Å². The molecule has 0 radical (unpaired) electrons. The molecule has 1 N–H and O–H groups in total. The summed E-state index contributed by atoms with van der Waals surface area (Å²) >= 11 is 0. The molecule has 0 fully saturated rings. The number of fused-ring (bicyclic) bond motifs is 3. The van der Waals surface area contributed by atoms with E-state index in [0.29, 0.717) is 17.7 Å². The Bertz CT molecular complexity index is 1480. The van der Waals surface area contributed by atoms with E-state index >= 15 is 0 Å². The van der Waals surface area contributed by atoms with Crippen LogP contribution in [0.4, 0.5) is 4.39 Å². The molecule has 3 heterocycles. The van der Waals surface area contributed by atoms with Crippen LogP contribution < -0.4 is 5.56 Å². The van der Waals surface area contributed by atoms with Crippen molar-refractivity contribution in [1.82, 2.24) is 34.3 Å². The summed E-state index contributed by atoms with van der Waals surface area (Å²) in [5.41, 5.74) is 3.47. The normalized spacial score (nSPS) is 11.8. The summed E-state index contributed by atoms with van der Waals surface area (Å²) in [5, 5.41) is 16.7. The van der Waals surface area contributed by atoms with Crippen LogP contribution in [0.2, 0.25) is 0 Å². The Labute approximate surface area is 189 Å². The fraction of sp³-hybridized carbons (Fsp3) is 0.250. The lowest BCUT2D eigenvalue weighted by atomic mass is 10.1. The summed E-state index contributed by atoms with van der Waals surface area (Å²) in [7, 11) is 3.76. The maximum atomic E-state index is 13.1. The SMILES string of the molecule is CN(CCCc1cc(-c2ccc(F)cc2)n[nH]1)Cc1nnc2n(C)c(=O)c3ccccc3n12. The number of para-hydroxylation sites is 1. The Morgan fingerprint density at radius 1 is 1.09 bits per heavy atom. The number of aromatic amines is 1. The highest BCUT2D eigenvalue weighted by atomic mass is 19.1. The molecular weight excluding hydrogens is 421 g/mol. The lowest BCUT2D eigenvalue weighted by Gasteiger charge is -2.15. The van der Waals surface area contributed by atoms with Crippen molar-refractivity contribution in [3.63, 3.8) is 0 Å². The summed E-state index contributed by atoms with van der Waals surface area (Å²) in [4.78, 5) is 14.8. The van der Waals surface area contributed by atoms with Gasteiger partial charge in [-0.15, -0.1) is 10.2 Å². The molecule has 0 spiro atoms. The van der Waals surface area contributed by atoms with E-state index in [2.05, 4.69) is 25.3 Å². The Kier molecular flexibility index (Phi) is 5.47. The summed E-state index contributed by atoms with van der Waals surface area (Å²) in [5.74, 6) is 1.07. The van der Waals surface area contributed by atoms with Crippen LogP contribution >= 0.6 is 0 Å². The van der Waals surface area contributed by atoms with E-state index in [9.17, 15) is 9.18 Å². The second kappa shape index (κ2) is 8.59. The number of rotatable bonds is 7. The van der Waals surface area contributed by atoms with E-state index in [1.165, 1.54) is 16.7 Å². The summed E-state index contributed by atoms with van der Waals surface area (Å²) in [6.45, 7) is 1.46. The molecule has 0 saturated carbocycles. The van der Waals surface area contributed by atoms with Crippen molar-refractivity contribution >= 4 is 16.7 Å². The monoisotopic (exact) mass is 445 g/mol. The zero-order chi connectivity index (χ0) is 22.9. The van der Waals surface area contributed by atoms with Gasteiger partial charge in [0.1, 0.15) is 5.82 Å². The summed E-state index contributed by atoms with van der Waals surface area (Å²) in [6.07, 6.45) is 1.77. The quantitative estimate of drug-likeness (QED) is 0.416. The predicted molar refractivity (Wildman–Crippen MR) is 124 cm³/mol. The minimum atomic E-state index is -0.256. The lowest BCUT2D eigenvalue weighted by Crippen LogP contribution is -2.23. The van der Waals surface area contributed by atoms with Crippen LogP contribution in [0.15, 0.2) is 59.4 Å². The molecule has 0 atom stereocenters. The molecule has 3 aromatic heterocycles. The first kappa shape index (κ1) is 21.0. The number of aryl methyl sites for hydroxylation is 2. The molecule has 0 bridgehead atoms. The first-order valence-corrected chi connectivity index (χ1v) is 10.8. The van der Waals surface area contributed by atoms with Gasteiger partial charge in [0, 0.05) is 18.3 Å². The predicted octanol–water partition coefficient (Wildman–Crippen LogP) is 3.18. The third-order valence-corrected chi connectivity index (χ3v) is 5.86. The zero-order valence-electron chi connectivity index (χ0n) is 18.5. The van der Waals surface area contributed by atoms with Gasteiger partial charge in [0.2, 0.25) is 5.78 Å². The average molecular weight is 446 g/mol. The van der Waals surface area contributed by atoms with Crippen LogP contribution in [0.1, 0.15) is 17.9 Å². The number of nitrogens with one attached hydrogen (secondary N) is 1. The highest BCUT2D eigenvalue weighted by molar-refractivity contribution is 5.80. The Morgan fingerprint density at radius 2 is 1.88 bits per heavy atom. The molecule has 0 amide bonds. The van der Waals surface area contributed by atoms with Crippen LogP contribution in [0.3, 0.4) is 0 Å². The molecule has 168 valence electrons. The van der Waals surface area contributed by atoms with E-state index in [4.69, 9.17) is 0 Å². The number of halogens is 1. The number of nitrogens with zero attached hydrogens (tertiary/aromatic N) is 6. The first-order chi connectivity index (χ1) is 16.0. The fourth-order valence-electron chi connectivity index (χ4n) is 4.11. The third kappa shape index (κ3) is 4.03. The van der Waals surface area contributed by atoms with Gasteiger partial charge in [-0.05, 0) is 68.9 Å². The van der Waals surface area contributed by atoms with Crippen molar-refractivity contribution < 1.29 is 4.39 Å². The average Bonchev–Trinajstić information content (AvgIpc) is 3.46. The summed E-state index contributed by atoms with van der Waals surface area (Å²) in [6, 6.07) is 15.9.